The molecule has 0 saturated heterocycles. The second-order valence-corrected chi connectivity index (χ2v) is 6.64. The van der Waals surface area contributed by atoms with Crippen molar-refractivity contribution >= 4 is 5.91 Å². The highest BCUT2D eigenvalue weighted by Gasteiger charge is 2.21. The van der Waals surface area contributed by atoms with E-state index in [1.54, 1.807) is 0 Å². The molecule has 1 amide bonds. The number of benzene rings is 2. The Kier molecular flexibility index (Phi) is 6.35. The highest BCUT2D eigenvalue weighted by Crippen LogP contribution is 2.30. The van der Waals surface area contributed by atoms with Crippen LogP contribution in [-0.2, 0) is 11.3 Å². The van der Waals surface area contributed by atoms with Crippen LogP contribution in [0.3, 0.4) is 0 Å². The van der Waals surface area contributed by atoms with Crippen LogP contribution in [0.15, 0.2) is 48.5 Å². The van der Waals surface area contributed by atoms with E-state index < -0.39 is 0 Å². The maximum absolute atomic E-state index is 12.3. The predicted octanol–water partition coefficient (Wildman–Crippen LogP) is 2.39. The van der Waals surface area contributed by atoms with Crippen molar-refractivity contribution in [2.24, 2.45) is 0 Å². The number of carbonyl (C=O) groups is 1. The molecule has 0 spiro atoms. The minimum absolute atomic E-state index is 0.0835. The fourth-order valence-electron chi connectivity index (χ4n) is 2.90. The number of nitrogens with one attached hydrogen (secondary N) is 1. The summed E-state index contributed by atoms with van der Waals surface area (Å²) in [7, 11) is 0. The molecule has 1 N–H and O–H groups in total. The van der Waals surface area contributed by atoms with Crippen LogP contribution in [0.25, 0.3) is 0 Å². The smallest absolute Gasteiger partial charge is 0.234 e. The lowest BCUT2D eigenvalue weighted by Crippen LogP contribution is -2.44. The van der Waals surface area contributed by atoms with Crippen molar-refractivity contribution < 1.29 is 14.3 Å². The lowest BCUT2D eigenvalue weighted by molar-refractivity contribution is -0.122. The molecule has 0 aliphatic carbocycles. The van der Waals surface area contributed by atoms with Crippen molar-refractivity contribution in [1.82, 2.24) is 10.2 Å². The van der Waals surface area contributed by atoms with E-state index in [1.807, 2.05) is 36.1 Å². The number of ether oxygens (including phenoxy) is 2. The maximum Gasteiger partial charge on any atom is 0.234 e. The number of hydrogen-bond donors (Lipinski definition) is 1. The van der Waals surface area contributed by atoms with Crippen molar-refractivity contribution in [3.63, 3.8) is 0 Å². The summed E-state index contributed by atoms with van der Waals surface area (Å²) in [6.45, 7) is 4.14. The first-order chi connectivity index (χ1) is 13.1. The van der Waals surface area contributed by atoms with Crippen molar-refractivity contribution in [1.29, 1.82) is 0 Å². The third-order valence-corrected chi connectivity index (χ3v) is 4.30. The second-order valence-electron chi connectivity index (χ2n) is 6.64. The van der Waals surface area contributed by atoms with Gasteiger partial charge < -0.3 is 14.8 Å². The first-order valence-electron chi connectivity index (χ1n) is 9.00. The summed E-state index contributed by atoms with van der Waals surface area (Å²) >= 11 is 0. The van der Waals surface area contributed by atoms with E-state index in [4.69, 9.17) is 15.9 Å². The number of aryl methyl sites for hydroxylation is 1. The van der Waals surface area contributed by atoms with Crippen LogP contribution in [-0.4, -0.2) is 43.2 Å². The SMILES string of the molecule is C#CCN(CC(=O)NCC1COc2ccccc2O1)Cc1ccc(C)cc1. The lowest BCUT2D eigenvalue weighted by Gasteiger charge is -2.27. The summed E-state index contributed by atoms with van der Waals surface area (Å²) in [6, 6.07) is 15.8. The fraction of sp³-hybridized carbons (Fsp3) is 0.318. The molecule has 1 heterocycles. The number of fused-ring (bicyclic) bond motifs is 1. The van der Waals surface area contributed by atoms with Gasteiger partial charge in [0, 0.05) is 6.54 Å². The molecule has 1 aliphatic heterocycles. The zero-order chi connectivity index (χ0) is 19.1. The van der Waals surface area contributed by atoms with E-state index in [2.05, 4.69) is 35.5 Å². The molecule has 3 rings (SSSR count). The van der Waals surface area contributed by atoms with E-state index in [-0.39, 0.29) is 18.6 Å². The molecule has 1 atom stereocenters. The quantitative estimate of drug-likeness (QED) is 0.767. The Balaban J connectivity index is 1.48. The van der Waals surface area contributed by atoms with Crippen LogP contribution in [0.1, 0.15) is 11.1 Å². The van der Waals surface area contributed by atoms with E-state index in [0.717, 1.165) is 11.3 Å². The molecule has 2 aromatic rings. The first-order valence-corrected chi connectivity index (χ1v) is 9.00. The number of amides is 1. The van der Waals surface area contributed by atoms with Crippen LogP contribution in [0.2, 0.25) is 0 Å². The number of rotatable bonds is 7. The molecular formula is C22H24N2O3. The second kappa shape index (κ2) is 9.11. The van der Waals surface area contributed by atoms with Gasteiger partial charge >= 0.3 is 0 Å². The molecule has 0 saturated carbocycles. The number of nitrogens with zero attached hydrogens (tertiary/aromatic N) is 1. The number of carbonyl (C=O) groups excluding carboxylic acids is 1. The molecule has 27 heavy (non-hydrogen) atoms. The van der Waals surface area contributed by atoms with Gasteiger partial charge in [-0.25, -0.2) is 0 Å². The van der Waals surface area contributed by atoms with E-state index >= 15 is 0 Å². The largest absolute Gasteiger partial charge is 0.486 e. The Morgan fingerprint density at radius 2 is 1.96 bits per heavy atom. The van der Waals surface area contributed by atoms with E-state index in [9.17, 15) is 4.79 Å². The Morgan fingerprint density at radius 3 is 2.70 bits per heavy atom. The van der Waals surface area contributed by atoms with Crippen molar-refractivity contribution in [3.05, 3.63) is 59.7 Å². The molecule has 5 heteroatoms. The lowest BCUT2D eigenvalue weighted by atomic mass is 10.1. The van der Waals surface area contributed by atoms with Gasteiger partial charge in [0.1, 0.15) is 12.7 Å². The van der Waals surface area contributed by atoms with Crippen LogP contribution in [0.4, 0.5) is 0 Å². The Bertz CT molecular complexity index is 811. The summed E-state index contributed by atoms with van der Waals surface area (Å²) in [5.74, 6) is 3.98. The Hall–Kier alpha value is -2.97. The average Bonchev–Trinajstić information content (AvgIpc) is 2.68. The summed E-state index contributed by atoms with van der Waals surface area (Å²) in [6.07, 6.45) is 5.25. The zero-order valence-corrected chi connectivity index (χ0v) is 15.5. The standard InChI is InChI=1S/C22H24N2O3/c1-3-12-24(14-18-10-8-17(2)9-11-18)15-22(25)23-13-19-16-26-20-6-4-5-7-21(20)27-19/h1,4-11,19H,12-16H2,2H3,(H,23,25). The number of terminal acetylenes is 1. The molecule has 0 aromatic heterocycles. The van der Waals surface area contributed by atoms with Gasteiger partial charge in [0.25, 0.3) is 0 Å². The van der Waals surface area contributed by atoms with E-state index in [1.165, 1.54) is 5.56 Å². The van der Waals surface area contributed by atoms with Gasteiger partial charge in [0.05, 0.1) is 19.6 Å². The van der Waals surface area contributed by atoms with Crippen LogP contribution in [0, 0.1) is 19.3 Å². The van der Waals surface area contributed by atoms with Crippen LogP contribution in [0.5, 0.6) is 11.5 Å². The molecule has 1 unspecified atom stereocenters. The van der Waals surface area contributed by atoms with Crippen molar-refractivity contribution in [3.8, 4) is 23.8 Å². The predicted molar refractivity (Wildman–Crippen MR) is 105 cm³/mol. The Labute approximate surface area is 160 Å². The topological polar surface area (TPSA) is 50.8 Å². The maximum atomic E-state index is 12.3. The fourth-order valence-corrected chi connectivity index (χ4v) is 2.90. The van der Waals surface area contributed by atoms with Gasteiger partial charge in [-0.2, -0.15) is 0 Å². The van der Waals surface area contributed by atoms with Gasteiger partial charge in [-0.05, 0) is 24.6 Å². The zero-order valence-electron chi connectivity index (χ0n) is 15.5. The van der Waals surface area contributed by atoms with Gasteiger partial charge in [0.15, 0.2) is 11.5 Å². The summed E-state index contributed by atoms with van der Waals surface area (Å²) in [5.41, 5.74) is 2.33. The van der Waals surface area contributed by atoms with Gasteiger partial charge in [-0.15, -0.1) is 6.42 Å². The molecular weight excluding hydrogens is 340 g/mol. The molecule has 140 valence electrons. The minimum Gasteiger partial charge on any atom is -0.486 e. The number of para-hydroxylation sites is 2. The molecule has 0 fully saturated rings. The minimum atomic E-state index is -0.206. The highest BCUT2D eigenvalue weighted by atomic mass is 16.6. The highest BCUT2D eigenvalue weighted by molar-refractivity contribution is 5.78. The first kappa shape index (κ1) is 18.8. The van der Waals surface area contributed by atoms with Crippen LogP contribution < -0.4 is 14.8 Å². The third kappa shape index (κ3) is 5.50. The van der Waals surface area contributed by atoms with Crippen molar-refractivity contribution in [2.75, 3.05) is 26.2 Å². The van der Waals surface area contributed by atoms with Gasteiger partial charge in [0.2, 0.25) is 5.91 Å². The number of hydrogen-bond acceptors (Lipinski definition) is 4. The summed E-state index contributed by atoms with van der Waals surface area (Å²) < 4.78 is 11.5. The molecule has 2 aromatic carbocycles. The summed E-state index contributed by atoms with van der Waals surface area (Å²) in [5, 5.41) is 2.91. The molecule has 0 bridgehead atoms. The normalized spacial score (nSPS) is 15.2. The van der Waals surface area contributed by atoms with Gasteiger partial charge in [-0.1, -0.05) is 47.9 Å². The Morgan fingerprint density at radius 1 is 1.22 bits per heavy atom. The monoisotopic (exact) mass is 364 g/mol. The molecule has 5 nitrogen and oxygen atoms in total. The van der Waals surface area contributed by atoms with E-state index in [0.29, 0.717) is 32.0 Å². The summed E-state index contributed by atoms with van der Waals surface area (Å²) in [4.78, 5) is 14.3. The van der Waals surface area contributed by atoms with Crippen LogP contribution >= 0.6 is 0 Å². The van der Waals surface area contributed by atoms with Crippen molar-refractivity contribution in [2.45, 2.75) is 19.6 Å². The third-order valence-electron chi connectivity index (χ3n) is 4.30. The molecule has 0 radical (unpaired) electrons. The average molecular weight is 364 g/mol. The van der Waals surface area contributed by atoms with Gasteiger partial charge in [-0.3, -0.25) is 9.69 Å². The molecule has 1 aliphatic rings.